The molecule has 1 aromatic carbocycles. The van der Waals surface area contributed by atoms with Crippen LogP contribution in [0.15, 0.2) is 42.7 Å². The average molecular weight is 341 g/mol. The maximum absolute atomic E-state index is 12.3. The van der Waals surface area contributed by atoms with Crippen molar-refractivity contribution in [3.05, 3.63) is 53.9 Å². The maximum atomic E-state index is 12.3. The quantitative estimate of drug-likeness (QED) is 0.435. The van der Waals surface area contributed by atoms with E-state index in [9.17, 15) is 9.59 Å². The molecular weight excluding hydrogens is 322 g/mol. The van der Waals surface area contributed by atoms with Gasteiger partial charge in [-0.25, -0.2) is 5.48 Å². The van der Waals surface area contributed by atoms with Crippen LogP contribution in [0.5, 0.6) is 0 Å². The topological polar surface area (TPSA) is 102 Å². The van der Waals surface area contributed by atoms with E-state index in [0.717, 1.165) is 11.3 Å². The highest BCUT2D eigenvalue weighted by Crippen LogP contribution is 2.23. The number of carbonyl (C=O) groups is 2. The van der Waals surface area contributed by atoms with Crippen molar-refractivity contribution in [2.24, 2.45) is 0 Å². The van der Waals surface area contributed by atoms with Crippen molar-refractivity contribution < 1.29 is 14.8 Å². The lowest BCUT2D eigenvalue weighted by molar-refractivity contribution is -0.124. The van der Waals surface area contributed by atoms with Crippen molar-refractivity contribution in [3.8, 4) is 0 Å². The second-order valence-corrected chi connectivity index (χ2v) is 5.63. The van der Waals surface area contributed by atoms with Crippen molar-refractivity contribution in [2.75, 3.05) is 31.1 Å². The first kappa shape index (κ1) is 16.7. The Labute approximate surface area is 144 Å². The molecule has 130 valence electrons. The summed E-state index contributed by atoms with van der Waals surface area (Å²) in [5.41, 5.74) is 4.00. The molecule has 0 unspecified atom stereocenters. The van der Waals surface area contributed by atoms with Gasteiger partial charge in [0.15, 0.2) is 0 Å². The highest BCUT2D eigenvalue weighted by Gasteiger charge is 2.23. The number of anilines is 1. The van der Waals surface area contributed by atoms with Gasteiger partial charge in [0.1, 0.15) is 0 Å². The van der Waals surface area contributed by atoms with Crippen LogP contribution in [-0.4, -0.2) is 58.3 Å². The molecule has 0 saturated carbocycles. The second kappa shape index (κ2) is 7.63. The number of carbonyl (C=O) groups excluding carboxylic acids is 2. The SMILES string of the molecule is O=C(C=Cc1ccccc1N1CCN(C(=O)c2cn[nH]c2)CC1)NO. The standard InChI is InChI=1S/C17H19N5O3/c23-16(20-25)6-5-13-3-1-2-4-15(13)21-7-9-22(10-8-21)17(24)14-11-18-19-12-14/h1-6,11-12,25H,7-10H2,(H,18,19)(H,20,23). The number of para-hydroxylation sites is 1. The molecule has 3 rings (SSSR count). The molecule has 3 N–H and O–H groups in total. The van der Waals surface area contributed by atoms with E-state index in [4.69, 9.17) is 5.21 Å². The Morgan fingerprint density at radius 2 is 1.96 bits per heavy atom. The zero-order valence-electron chi connectivity index (χ0n) is 13.6. The van der Waals surface area contributed by atoms with Gasteiger partial charge >= 0.3 is 0 Å². The van der Waals surface area contributed by atoms with Crippen LogP contribution in [0.2, 0.25) is 0 Å². The van der Waals surface area contributed by atoms with Gasteiger partial charge in [0.2, 0.25) is 0 Å². The monoisotopic (exact) mass is 341 g/mol. The molecule has 8 nitrogen and oxygen atoms in total. The molecule has 2 amide bonds. The molecule has 1 aliphatic rings. The van der Waals surface area contributed by atoms with Crippen LogP contribution >= 0.6 is 0 Å². The van der Waals surface area contributed by atoms with E-state index >= 15 is 0 Å². The number of hydroxylamine groups is 1. The number of nitrogens with zero attached hydrogens (tertiary/aromatic N) is 3. The summed E-state index contributed by atoms with van der Waals surface area (Å²) in [5, 5.41) is 15.1. The van der Waals surface area contributed by atoms with Gasteiger partial charge in [0.25, 0.3) is 11.8 Å². The average Bonchev–Trinajstić information content (AvgIpc) is 3.20. The van der Waals surface area contributed by atoms with Crippen LogP contribution in [0.3, 0.4) is 0 Å². The van der Waals surface area contributed by atoms with Crippen molar-refractivity contribution >= 4 is 23.6 Å². The van der Waals surface area contributed by atoms with E-state index in [1.165, 1.54) is 12.3 Å². The van der Waals surface area contributed by atoms with Gasteiger partial charge in [-0.1, -0.05) is 18.2 Å². The molecule has 2 heterocycles. The summed E-state index contributed by atoms with van der Waals surface area (Å²) < 4.78 is 0. The van der Waals surface area contributed by atoms with Gasteiger partial charge in [-0.2, -0.15) is 5.10 Å². The van der Waals surface area contributed by atoms with Crippen molar-refractivity contribution in [1.29, 1.82) is 0 Å². The summed E-state index contributed by atoms with van der Waals surface area (Å²) in [6, 6.07) is 7.70. The van der Waals surface area contributed by atoms with Crippen LogP contribution in [-0.2, 0) is 4.79 Å². The molecule has 2 aromatic rings. The van der Waals surface area contributed by atoms with Crippen LogP contribution in [0, 0.1) is 0 Å². The molecule has 0 aliphatic carbocycles. The summed E-state index contributed by atoms with van der Waals surface area (Å²) >= 11 is 0. The largest absolute Gasteiger partial charge is 0.367 e. The van der Waals surface area contributed by atoms with Crippen molar-refractivity contribution in [3.63, 3.8) is 0 Å². The third-order valence-electron chi connectivity index (χ3n) is 4.11. The fourth-order valence-corrected chi connectivity index (χ4v) is 2.82. The van der Waals surface area contributed by atoms with Gasteiger partial charge in [0, 0.05) is 44.1 Å². The van der Waals surface area contributed by atoms with E-state index in [1.54, 1.807) is 22.7 Å². The number of benzene rings is 1. The lowest BCUT2D eigenvalue weighted by atomic mass is 10.1. The third-order valence-corrected chi connectivity index (χ3v) is 4.11. The van der Waals surface area contributed by atoms with Crippen molar-refractivity contribution in [1.82, 2.24) is 20.6 Å². The molecule has 8 heteroatoms. The first-order valence-corrected chi connectivity index (χ1v) is 7.93. The predicted molar refractivity (Wildman–Crippen MR) is 92.1 cm³/mol. The third kappa shape index (κ3) is 3.86. The maximum Gasteiger partial charge on any atom is 0.267 e. The summed E-state index contributed by atoms with van der Waals surface area (Å²) in [5.74, 6) is -0.605. The van der Waals surface area contributed by atoms with E-state index < -0.39 is 5.91 Å². The predicted octanol–water partition coefficient (Wildman–Crippen LogP) is 0.891. The molecule has 0 spiro atoms. The van der Waals surface area contributed by atoms with E-state index in [-0.39, 0.29) is 5.91 Å². The molecule has 0 atom stereocenters. The molecule has 1 saturated heterocycles. The molecule has 1 aromatic heterocycles. The van der Waals surface area contributed by atoms with E-state index in [0.29, 0.717) is 31.7 Å². The van der Waals surface area contributed by atoms with Crippen LogP contribution < -0.4 is 10.4 Å². The minimum Gasteiger partial charge on any atom is -0.367 e. The van der Waals surface area contributed by atoms with E-state index in [1.807, 2.05) is 24.3 Å². The Hall–Kier alpha value is -3.13. The lowest BCUT2D eigenvalue weighted by Crippen LogP contribution is -2.48. The molecule has 1 fully saturated rings. The number of hydrogen-bond donors (Lipinski definition) is 3. The minimum atomic E-state index is -0.578. The number of aromatic nitrogens is 2. The van der Waals surface area contributed by atoms with Gasteiger partial charge < -0.3 is 9.80 Å². The fourth-order valence-electron chi connectivity index (χ4n) is 2.82. The minimum absolute atomic E-state index is 0.0267. The number of aromatic amines is 1. The number of nitrogens with one attached hydrogen (secondary N) is 2. The molecule has 0 bridgehead atoms. The highest BCUT2D eigenvalue weighted by molar-refractivity contribution is 5.94. The summed E-state index contributed by atoms with van der Waals surface area (Å²) in [7, 11) is 0. The lowest BCUT2D eigenvalue weighted by Gasteiger charge is -2.36. The Morgan fingerprint density at radius 1 is 1.20 bits per heavy atom. The Balaban J connectivity index is 1.68. The van der Waals surface area contributed by atoms with Gasteiger partial charge in [-0.05, 0) is 17.7 Å². The van der Waals surface area contributed by atoms with Crippen LogP contribution in [0.1, 0.15) is 15.9 Å². The smallest absolute Gasteiger partial charge is 0.267 e. The first-order valence-electron chi connectivity index (χ1n) is 7.93. The molecule has 25 heavy (non-hydrogen) atoms. The summed E-state index contributed by atoms with van der Waals surface area (Å²) in [6.45, 7) is 2.61. The Bertz CT molecular complexity index is 764. The molecule has 1 aliphatic heterocycles. The van der Waals surface area contributed by atoms with Gasteiger partial charge in [-0.3, -0.25) is 19.9 Å². The summed E-state index contributed by atoms with van der Waals surface area (Å²) in [4.78, 5) is 27.5. The Kier molecular flexibility index (Phi) is 5.10. The van der Waals surface area contributed by atoms with Gasteiger partial charge in [-0.15, -0.1) is 0 Å². The normalized spacial score (nSPS) is 14.8. The van der Waals surface area contributed by atoms with Crippen molar-refractivity contribution in [2.45, 2.75) is 0 Å². The number of piperazine rings is 1. The number of rotatable bonds is 4. The second-order valence-electron chi connectivity index (χ2n) is 5.63. The van der Waals surface area contributed by atoms with Gasteiger partial charge in [0.05, 0.1) is 11.8 Å². The number of amides is 2. The fraction of sp³-hybridized carbons (Fsp3) is 0.235. The zero-order chi connectivity index (χ0) is 17.6. The molecule has 0 radical (unpaired) electrons. The Morgan fingerprint density at radius 3 is 2.64 bits per heavy atom. The number of hydrogen-bond acceptors (Lipinski definition) is 5. The van der Waals surface area contributed by atoms with E-state index in [2.05, 4.69) is 15.1 Å². The molecular formula is C17H19N5O3. The number of H-pyrrole nitrogens is 1. The highest BCUT2D eigenvalue weighted by atomic mass is 16.5. The first-order chi connectivity index (χ1) is 12.2. The zero-order valence-corrected chi connectivity index (χ0v) is 13.6. The van der Waals surface area contributed by atoms with Crippen LogP contribution in [0.25, 0.3) is 6.08 Å². The van der Waals surface area contributed by atoms with Crippen LogP contribution in [0.4, 0.5) is 5.69 Å². The summed E-state index contributed by atoms with van der Waals surface area (Å²) in [6.07, 6.45) is 6.06.